The first-order chi connectivity index (χ1) is 18.0. The molecule has 1 aromatic rings. The molecule has 0 aromatic heterocycles. The van der Waals surface area contributed by atoms with Crippen LogP contribution >= 0.6 is 0 Å². The Bertz CT molecular complexity index is 812. The van der Waals surface area contributed by atoms with Crippen LogP contribution in [0.4, 0.5) is 0 Å². The van der Waals surface area contributed by atoms with E-state index in [1.165, 1.54) is 5.56 Å². The molecule has 1 rings (SSSR count). The normalized spacial score (nSPS) is 16.0. The van der Waals surface area contributed by atoms with Gasteiger partial charge < -0.3 is 23.1 Å². The van der Waals surface area contributed by atoms with Crippen LogP contribution in [0.3, 0.4) is 0 Å². The van der Waals surface area contributed by atoms with Crippen molar-refractivity contribution in [1.82, 2.24) is 0 Å². The highest BCUT2D eigenvalue weighted by Gasteiger charge is 2.42. The molecular formula is C32H60O5Si2. The van der Waals surface area contributed by atoms with Crippen molar-refractivity contribution in [3.8, 4) is 0 Å². The molecular weight excluding hydrogens is 521 g/mol. The highest BCUT2D eigenvalue weighted by Crippen LogP contribution is 2.39. The molecule has 0 fully saturated rings. The van der Waals surface area contributed by atoms with E-state index < -0.39 is 16.6 Å². The summed E-state index contributed by atoms with van der Waals surface area (Å²) in [7, 11) is -2.07. The number of hydrogen-bond donors (Lipinski definition) is 0. The van der Waals surface area contributed by atoms with Crippen LogP contribution in [0.25, 0.3) is 0 Å². The fourth-order valence-corrected chi connectivity index (χ4v) is 6.14. The Morgan fingerprint density at radius 2 is 1.46 bits per heavy atom. The molecule has 0 saturated heterocycles. The van der Waals surface area contributed by atoms with Gasteiger partial charge in [0.25, 0.3) is 0 Å². The Morgan fingerprint density at radius 3 is 2.03 bits per heavy atom. The standard InChI is InChI=1S/C32H60O5Si2/c1-27(22-24-34-25-28-19-15-13-16-20-28)30(35-26-33-8)29(37-39(11,12)32(5,6)7)21-17-14-18-23-36-38(9,10)31(2,3)4/h13-17,19-20,27,29-30H,18,21-26H2,1-12H3/b17-14-/t27-,29-,30-/m1/s1. The molecule has 0 unspecified atom stereocenters. The lowest BCUT2D eigenvalue weighted by molar-refractivity contribution is -0.129. The van der Waals surface area contributed by atoms with E-state index in [-0.39, 0.29) is 35.0 Å². The number of hydrogen-bond acceptors (Lipinski definition) is 5. The summed E-state index contributed by atoms with van der Waals surface area (Å²) >= 11 is 0. The minimum atomic E-state index is -2.02. The molecule has 7 heteroatoms. The monoisotopic (exact) mass is 580 g/mol. The summed E-state index contributed by atoms with van der Waals surface area (Å²) in [5.41, 5.74) is 1.19. The van der Waals surface area contributed by atoms with Crippen LogP contribution in [0.5, 0.6) is 0 Å². The topological polar surface area (TPSA) is 46.2 Å². The van der Waals surface area contributed by atoms with Gasteiger partial charge in [0, 0.05) is 20.3 Å². The summed E-state index contributed by atoms with van der Waals surface area (Å²) in [5, 5.41) is 0.339. The van der Waals surface area contributed by atoms with Crippen molar-refractivity contribution < 1.29 is 23.1 Å². The largest absolute Gasteiger partial charge is 0.417 e. The van der Waals surface area contributed by atoms with Gasteiger partial charge in [0.2, 0.25) is 0 Å². The van der Waals surface area contributed by atoms with E-state index in [0.29, 0.717) is 13.2 Å². The fraction of sp³-hybridized carbons (Fsp3) is 0.750. The maximum absolute atomic E-state index is 7.01. The first-order valence-corrected chi connectivity index (χ1v) is 20.5. The summed E-state index contributed by atoms with van der Waals surface area (Å²) in [5.74, 6) is 0.251. The molecule has 0 saturated carbocycles. The summed E-state index contributed by atoms with van der Waals surface area (Å²) in [6.45, 7) is 27.5. The first-order valence-electron chi connectivity index (χ1n) is 14.7. The first kappa shape index (κ1) is 36.2. The molecule has 0 heterocycles. The minimum Gasteiger partial charge on any atom is -0.417 e. The van der Waals surface area contributed by atoms with E-state index >= 15 is 0 Å². The van der Waals surface area contributed by atoms with E-state index in [0.717, 1.165) is 25.9 Å². The highest BCUT2D eigenvalue weighted by atomic mass is 28.4. The number of rotatable bonds is 18. The molecule has 0 bridgehead atoms. The molecule has 0 N–H and O–H groups in total. The van der Waals surface area contributed by atoms with Crippen LogP contribution in [0.2, 0.25) is 36.3 Å². The molecule has 3 atom stereocenters. The molecule has 226 valence electrons. The van der Waals surface area contributed by atoms with Gasteiger partial charge in [-0.3, -0.25) is 0 Å². The van der Waals surface area contributed by atoms with Crippen molar-refractivity contribution in [2.24, 2.45) is 5.92 Å². The smallest absolute Gasteiger partial charge is 0.192 e. The molecule has 0 aliphatic heterocycles. The summed E-state index contributed by atoms with van der Waals surface area (Å²) in [6.07, 6.45) is 6.96. The molecule has 0 radical (unpaired) electrons. The number of methoxy groups -OCH3 is 1. The van der Waals surface area contributed by atoms with Gasteiger partial charge in [0.15, 0.2) is 16.6 Å². The van der Waals surface area contributed by atoms with Gasteiger partial charge in [-0.05, 0) is 67.0 Å². The Labute approximate surface area is 243 Å². The SMILES string of the molecule is COCO[C@H]([C@H](C)CCOCc1ccccc1)[C@@H](C/C=C\CCO[Si](C)(C)C(C)(C)C)O[Si](C)(C)C(C)(C)C. The number of benzene rings is 1. The van der Waals surface area contributed by atoms with Crippen molar-refractivity contribution in [2.45, 2.75) is 123 Å². The molecule has 0 amide bonds. The molecule has 5 nitrogen and oxygen atoms in total. The molecule has 39 heavy (non-hydrogen) atoms. The maximum Gasteiger partial charge on any atom is 0.192 e. The van der Waals surface area contributed by atoms with Crippen LogP contribution in [0.1, 0.15) is 73.3 Å². The van der Waals surface area contributed by atoms with E-state index in [1.807, 2.05) is 18.2 Å². The Kier molecular flexibility index (Phi) is 15.4. The second kappa shape index (κ2) is 16.6. The van der Waals surface area contributed by atoms with Crippen LogP contribution < -0.4 is 0 Å². The average molecular weight is 581 g/mol. The Hall–Kier alpha value is -0.806. The van der Waals surface area contributed by atoms with Crippen LogP contribution in [-0.2, 0) is 29.7 Å². The van der Waals surface area contributed by atoms with Gasteiger partial charge in [-0.25, -0.2) is 0 Å². The van der Waals surface area contributed by atoms with Crippen molar-refractivity contribution >= 4 is 16.6 Å². The second-order valence-corrected chi connectivity index (χ2v) is 23.4. The van der Waals surface area contributed by atoms with Crippen molar-refractivity contribution in [1.29, 1.82) is 0 Å². The van der Waals surface area contributed by atoms with Gasteiger partial charge in [0.05, 0.1) is 18.8 Å². The third-order valence-electron chi connectivity index (χ3n) is 8.48. The van der Waals surface area contributed by atoms with E-state index in [2.05, 4.69) is 98.9 Å². The predicted molar refractivity (Wildman–Crippen MR) is 170 cm³/mol. The highest BCUT2D eigenvalue weighted by molar-refractivity contribution is 6.74. The van der Waals surface area contributed by atoms with E-state index in [4.69, 9.17) is 23.1 Å². The predicted octanol–water partition coefficient (Wildman–Crippen LogP) is 8.97. The summed E-state index contributed by atoms with van der Waals surface area (Å²) in [6, 6.07) is 10.3. The van der Waals surface area contributed by atoms with Gasteiger partial charge in [-0.15, -0.1) is 0 Å². The third kappa shape index (κ3) is 13.1. The van der Waals surface area contributed by atoms with Crippen molar-refractivity contribution in [3.05, 3.63) is 48.0 Å². The lowest BCUT2D eigenvalue weighted by atomic mass is 9.94. The Balaban J connectivity index is 2.89. The fourth-order valence-electron chi connectivity index (χ4n) is 3.73. The van der Waals surface area contributed by atoms with Gasteiger partial charge in [-0.2, -0.15) is 0 Å². The van der Waals surface area contributed by atoms with Crippen LogP contribution in [0.15, 0.2) is 42.5 Å². The summed E-state index contributed by atoms with van der Waals surface area (Å²) < 4.78 is 31.0. The zero-order valence-corrected chi connectivity index (χ0v) is 29.3. The maximum atomic E-state index is 7.01. The zero-order chi connectivity index (χ0) is 29.7. The second-order valence-electron chi connectivity index (χ2n) is 13.9. The van der Waals surface area contributed by atoms with Crippen molar-refractivity contribution in [3.63, 3.8) is 0 Å². The quantitative estimate of drug-likeness (QED) is 0.0750. The van der Waals surface area contributed by atoms with Gasteiger partial charge >= 0.3 is 0 Å². The lowest BCUT2D eigenvalue weighted by Gasteiger charge is -2.42. The van der Waals surface area contributed by atoms with Crippen LogP contribution in [-0.4, -0.2) is 56.0 Å². The molecule has 0 aliphatic carbocycles. The summed E-state index contributed by atoms with van der Waals surface area (Å²) in [4.78, 5) is 0. The molecule has 1 aromatic carbocycles. The number of ether oxygens (including phenoxy) is 3. The van der Waals surface area contributed by atoms with Gasteiger partial charge in [-0.1, -0.05) is 91.0 Å². The van der Waals surface area contributed by atoms with Gasteiger partial charge in [0.1, 0.15) is 6.79 Å². The Morgan fingerprint density at radius 1 is 0.846 bits per heavy atom. The minimum absolute atomic E-state index is 0.0530. The van der Waals surface area contributed by atoms with E-state index in [1.54, 1.807) is 7.11 Å². The lowest BCUT2D eigenvalue weighted by Crippen LogP contribution is -2.49. The van der Waals surface area contributed by atoms with E-state index in [9.17, 15) is 0 Å². The van der Waals surface area contributed by atoms with Crippen LogP contribution in [0, 0.1) is 5.92 Å². The molecule has 0 spiro atoms. The van der Waals surface area contributed by atoms with Crippen molar-refractivity contribution in [2.75, 3.05) is 27.1 Å². The zero-order valence-electron chi connectivity index (χ0n) is 27.3. The molecule has 0 aliphatic rings. The third-order valence-corrected chi connectivity index (χ3v) is 17.5. The average Bonchev–Trinajstić information content (AvgIpc) is 2.83.